The Hall–Kier alpha value is -1.33. The highest BCUT2D eigenvalue weighted by Gasteiger charge is 2.14. The molecule has 5 heteroatoms. The highest BCUT2D eigenvalue weighted by molar-refractivity contribution is 9.10. The molecule has 0 aromatic heterocycles. The molecule has 0 heterocycles. The monoisotopic (exact) mass is 353 g/mol. The molecule has 106 valence electrons. The van der Waals surface area contributed by atoms with E-state index in [1.54, 1.807) is 36.4 Å². The van der Waals surface area contributed by atoms with Gasteiger partial charge in [0, 0.05) is 10.2 Å². The van der Waals surface area contributed by atoms with Gasteiger partial charge in [0.15, 0.2) is 0 Å². The van der Waals surface area contributed by atoms with E-state index in [-0.39, 0.29) is 4.90 Å². The Bertz CT molecular complexity index is 694. The minimum absolute atomic E-state index is 0.236. The lowest BCUT2D eigenvalue weighted by molar-refractivity contribution is 0.601. The van der Waals surface area contributed by atoms with Crippen molar-refractivity contribution in [2.45, 2.75) is 24.7 Å². The second-order valence-corrected chi connectivity index (χ2v) is 7.44. The van der Waals surface area contributed by atoms with Crippen LogP contribution in [0.3, 0.4) is 0 Å². The molecule has 0 aliphatic rings. The average molecular weight is 354 g/mol. The molecular formula is C15H16BrNO2S. The van der Waals surface area contributed by atoms with Gasteiger partial charge in [-0.2, -0.15) is 0 Å². The first-order valence-corrected chi connectivity index (χ1v) is 8.54. The van der Waals surface area contributed by atoms with Crippen LogP contribution in [0.15, 0.2) is 57.9 Å². The fourth-order valence-corrected chi connectivity index (χ4v) is 3.44. The first-order valence-electron chi connectivity index (χ1n) is 6.27. The fourth-order valence-electron chi connectivity index (χ4n) is 1.78. The SMILES string of the molecule is CC(C)c1ccc(NS(=O)(=O)c2cccc(Br)c2)cc1. The summed E-state index contributed by atoms with van der Waals surface area (Å²) in [4.78, 5) is 0.236. The lowest BCUT2D eigenvalue weighted by atomic mass is 10.0. The molecule has 0 bridgehead atoms. The summed E-state index contributed by atoms with van der Waals surface area (Å²) in [6.07, 6.45) is 0. The lowest BCUT2D eigenvalue weighted by Gasteiger charge is -2.10. The van der Waals surface area contributed by atoms with E-state index in [0.717, 1.165) is 4.47 Å². The van der Waals surface area contributed by atoms with E-state index in [1.165, 1.54) is 5.56 Å². The maximum atomic E-state index is 12.2. The zero-order valence-electron chi connectivity index (χ0n) is 11.3. The second-order valence-electron chi connectivity index (χ2n) is 4.84. The van der Waals surface area contributed by atoms with Gasteiger partial charge in [-0.15, -0.1) is 0 Å². The first-order chi connectivity index (χ1) is 9.38. The van der Waals surface area contributed by atoms with Gasteiger partial charge in [-0.25, -0.2) is 8.42 Å². The molecule has 0 fully saturated rings. The molecular weight excluding hydrogens is 338 g/mol. The van der Waals surface area contributed by atoms with Gasteiger partial charge in [0.25, 0.3) is 10.0 Å². The summed E-state index contributed by atoms with van der Waals surface area (Å²) in [5.74, 6) is 0.422. The Kier molecular flexibility index (Phi) is 4.50. The van der Waals surface area contributed by atoms with Crippen molar-refractivity contribution in [3.63, 3.8) is 0 Å². The molecule has 0 amide bonds. The van der Waals surface area contributed by atoms with Crippen molar-refractivity contribution in [2.75, 3.05) is 4.72 Å². The summed E-state index contributed by atoms with van der Waals surface area (Å²) in [5, 5.41) is 0. The molecule has 0 radical (unpaired) electrons. The Balaban J connectivity index is 2.24. The van der Waals surface area contributed by atoms with Crippen LogP contribution in [0.25, 0.3) is 0 Å². The Morgan fingerprint density at radius 1 is 1.05 bits per heavy atom. The molecule has 0 unspecified atom stereocenters. The Morgan fingerprint density at radius 2 is 1.70 bits per heavy atom. The Morgan fingerprint density at radius 3 is 2.25 bits per heavy atom. The smallest absolute Gasteiger partial charge is 0.261 e. The summed E-state index contributed by atoms with van der Waals surface area (Å²) in [5.41, 5.74) is 1.74. The van der Waals surface area contributed by atoms with Gasteiger partial charge in [0.1, 0.15) is 0 Å². The van der Waals surface area contributed by atoms with Crippen LogP contribution in [-0.2, 0) is 10.0 Å². The van der Waals surface area contributed by atoms with Crippen LogP contribution in [0.1, 0.15) is 25.3 Å². The number of sulfonamides is 1. The van der Waals surface area contributed by atoms with Gasteiger partial charge >= 0.3 is 0 Å². The number of benzene rings is 2. The predicted molar refractivity (Wildman–Crippen MR) is 85.5 cm³/mol. The predicted octanol–water partition coefficient (Wildman–Crippen LogP) is 4.37. The molecule has 0 aliphatic heterocycles. The van der Waals surface area contributed by atoms with E-state index in [2.05, 4.69) is 34.5 Å². The van der Waals surface area contributed by atoms with E-state index in [4.69, 9.17) is 0 Å². The standard InChI is InChI=1S/C15H16BrNO2S/c1-11(2)12-6-8-14(9-7-12)17-20(18,19)15-5-3-4-13(16)10-15/h3-11,17H,1-2H3. The van der Waals surface area contributed by atoms with Gasteiger partial charge in [-0.1, -0.05) is 48.0 Å². The van der Waals surface area contributed by atoms with E-state index >= 15 is 0 Å². The quantitative estimate of drug-likeness (QED) is 0.886. The van der Waals surface area contributed by atoms with Gasteiger partial charge in [-0.3, -0.25) is 4.72 Å². The number of rotatable bonds is 4. The molecule has 20 heavy (non-hydrogen) atoms. The zero-order chi connectivity index (χ0) is 14.8. The molecule has 2 rings (SSSR count). The molecule has 2 aromatic carbocycles. The molecule has 0 spiro atoms. The number of nitrogens with one attached hydrogen (secondary N) is 1. The van der Waals surface area contributed by atoms with Crippen molar-refractivity contribution < 1.29 is 8.42 Å². The van der Waals surface area contributed by atoms with Crippen LogP contribution >= 0.6 is 15.9 Å². The molecule has 0 saturated carbocycles. The summed E-state index contributed by atoms with van der Waals surface area (Å²) in [6, 6.07) is 14.1. The maximum Gasteiger partial charge on any atom is 0.261 e. The van der Waals surface area contributed by atoms with Crippen LogP contribution in [-0.4, -0.2) is 8.42 Å². The van der Waals surface area contributed by atoms with Gasteiger partial charge < -0.3 is 0 Å². The van der Waals surface area contributed by atoms with Gasteiger partial charge in [0.05, 0.1) is 4.90 Å². The van der Waals surface area contributed by atoms with E-state index in [1.807, 2.05) is 12.1 Å². The number of hydrogen-bond donors (Lipinski definition) is 1. The number of halogens is 1. The minimum Gasteiger partial charge on any atom is -0.280 e. The van der Waals surface area contributed by atoms with Crippen molar-refractivity contribution >= 4 is 31.6 Å². The Labute approximate surface area is 128 Å². The second kappa shape index (κ2) is 5.97. The average Bonchev–Trinajstić information content (AvgIpc) is 2.39. The van der Waals surface area contributed by atoms with Gasteiger partial charge in [0.2, 0.25) is 0 Å². The van der Waals surface area contributed by atoms with E-state index < -0.39 is 10.0 Å². The lowest BCUT2D eigenvalue weighted by Crippen LogP contribution is -2.12. The fraction of sp³-hybridized carbons (Fsp3) is 0.200. The molecule has 1 N–H and O–H groups in total. The van der Waals surface area contributed by atoms with Crippen LogP contribution in [0.5, 0.6) is 0 Å². The van der Waals surface area contributed by atoms with Crippen molar-refractivity contribution in [1.29, 1.82) is 0 Å². The van der Waals surface area contributed by atoms with Crippen molar-refractivity contribution in [2.24, 2.45) is 0 Å². The van der Waals surface area contributed by atoms with E-state index in [9.17, 15) is 8.42 Å². The third kappa shape index (κ3) is 3.61. The van der Waals surface area contributed by atoms with Crippen LogP contribution in [0, 0.1) is 0 Å². The molecule has 0 atom stereocenters. The van der Waals surface area contributed by atoms with Crippen molar-refractivity contribution in [3.05, 3.63) is 58.6 Å². The molecule has 0 aliphatic carbocycles. The molecule has 3 nitrogen and oxygen atoms in total. The topological polar surface area (TPSA) is 46.2 Å². The third-order valence-electron chi connectivity index (χ3n) is 2.94. The summed E-state index contributed by atoms with van der Waals surface area (Å²) in [6.45, 7) is 4.20. The highest BCUT2D eigenvalue weighted by atomic mass is 79.9. The highest BCUT2D eigenvalue weighted by Crippen LogP contribution is 2.21. The van der Waals surface area contributed by atoms with E-state index in [0.29, 0.717) is 11.6 Å². The summed E-state index contributed by atoms with van der Waals surface area (Å²) in [7, 11) is -3.55. The zero-order valence-corrected chi connectivity index (χ0v) is 13.7. The number of hydrogen-bond acceptors (Lipinski definition) is 2. The molecule has 0 saturated heterocycles. The minimum atomic E-state index is -3.55. The number of anilines is 1. The van der Waals surface area contributed by atoms with Crippen LogP contribution < -0.4 is 4.72 Å². The first kappa shape index (κ1) is 15.1. The normalized spacial score (nSPS) is 11.6. The summed E-state index contributed by atoms with van der Waals surface area (Å²) < 4.78 is 27.8. The van der Waals surface area contributed by atoms with Crippen molar-refractivity contribution in [3.8, 4) is 0 Å². The third-order valence-corrected chi connectivity index (χ3v) is 4.81. The summed E-state index contributed by atoms with van der Waals surface area (Å²) >= 11 is 3.27. The largest absolute Gasteiger partial charge is 0.280 e. The van der Waals surface area contributed by atoms with Crippen LogP contribution in [0.4, 0.5) is 5.69 Å². The van der Waals surface area contributed by atoms with Crippen LogP contribution in [0.2, 0.25) is 0 Å². The van der Waals surface area contributed by atoms with Gasteiger partial charge in [-0.05, 0) is 41.8 Å². The maximum absolute atomic E-state index is 12.2. The molecule has 2 aromatic rings. The van der Waals surface area contributed by atoms with Crippen molar-refractivity contribution in [1.82, 2.24) is 0 Å².